The van der Waals surface area contributed by atoms with Crippen LogP contribution in [0.2, 0.25) is 5.02 Å². The van der Waals surface area contributed by atoms with E-state index in [9.17, 15) is 13.2 Å². The summed E-state index contributed by atoms with van der Waals surface area (Å²) >= 11 is 6.01. The van der Waals surface area contributed by atoms with Gasteiger partial charge in [-0.25, -0.2) is 8.42 Å². The Kier molecular flexibility index (Phi) is 5.76. The van der Waals surface area contributed by atoms with E-state index in [1.807, 2.05) is 0 Å². The second-order valence-corrected chi connectivity index (χ2v) is 6.99. The number of carbonyl (C=O) groups excluding carboxylic acids is 1. The van der Waals surface area contributed by atoms with Crippen LogP contribution >= 0.6 is 11.6 Å². The first kappa shape index (κ1) is 18.9. The van der Waals surface area contributed by atoms with Crippen molar-refractivity contribution in [2.45, 2.75) is 4.90 Å². The van der Waals surface area contributed by atoms with Crippen LogP contribution in [-0.4, -0.2) is 35.6 Å². The van der Waals surface area contributed by atoms with E-state index in [0.29, 0.717) is 11.3 Å². The molecule has 0 aliphatic rings. The van der Waals surface area contributed by atoms with Crippen LogP contribution in [0.5, 0.6) is 11.5 Å². The molecule has 0 radical (unpaired) electrons. The quantitative estimate of drug-likeness (QED) is 0.798. The van der Waals surface area contributed by atoms with Crippen molar-refractivity contribution < 1.29 is 22.7 Å². The van der Waals surface area contributed by atoms with Crippen molar-refractivity contribution in [1.29, 1.82) is 0 Å². The maximum Gasteiger partial charge on any atom is 0.262 e. The van der Waals surface area contributed by atoms with Crippen LogP contribution in [-0.2, 0) is 10.0 Å². The Bertz CT molecular complexity index is 882. The number of sulfonamides is 1. The minimum Gasteiger partial charge on any atom is -0.495 e. The molecule has 0 bridgehead atoms. The van der Waals surface area contributed by atoms with Gasteiger partial charge in [0, 0.05) is 24.7 Å². The molecule has 134 valence electrons. The van der Waals surface area contributed by atoms with Crippen LogP contribution in [0.1, 0.15) is 10.4 Å². The highest BCUT2D eigenvalue weighted by molar-refractivity contribution is 7.92. The molecule has 0 heterocycles. The molecule has 7 nitrogen and oxygen atoms in total. The number of benzene rings is 2. The Morgan fingerprint density at radius 2 is 1.64 bits per heavy atom. The molecule has 0 aromatic heterocycles. The average Bonchev–Trinajstić information content (AvgIpc) is 2.62. The zero-order chi connectivity index (χ0) is 18.6. The molecule has 0 spiro atoms. The van der Waals surface area contributed by atoms with Gasteiger partial charge < -0.3 is 14.8 Å². The lowest BCUT2D eigenvalue weighted by Gasteiger charge is -2.14. The predicted octanol–water partition coefficient (Wildman–Crippen LogP) is 2.52. The maximum absolute atomic E-state index is 12.6. The fourth-order valence-electron chi connectivity index (χ4n) is 2.07. The van der Waals surface area contributed by atoms with E-state index < -0.39 is 10.0 Å². The number of methoxy groups -OCH3 is 2. The first-order valence-corrected chi connectivity index (χ1v) is 8.95. The van der Waals surface area contributed by atoms with Crippen LogP contribution < -0.4 is 19.5 Å². The monoisotopic (exact) mass is 384 g/mol. The third-order valence-corrected chi connectivity index (χ3v) is 5.05. The molecular weight excluding hydrogens is 368 g/mol. The largest absolute Gasteiger partial charge is 0.495 e. The molecule has 0 fully saturated rings. The summed E-state index contributed by atoms with van der Waals surface area (Å²) in [6.07, 6.45) is 0. The van der Waals surface area contributed by atoms with Crippen molar-refractivity contribution in [1.82, 2.24) is 5.32 Å². The number of hydrogen-bond donors (Lipinski definition) is 2. The highest BCUT2D eigenvalue weighted by Gasteiger charge is 2.19. The van der Waals surface area contributed by atoms with Gasteiger partial charge in [-0.05, 0) is 24.3 Å². The standard InChI is InChI=1S/C16H17ClN2O5S/c1-18-16(20)10-4-6-11(7-5-10)25(21,22)19-13-9-14(23-2)12(17)8-15(13)24-3/h4-9,19H,1-3H3,(H,18,20). The van der Waals surface area contributed by atoms with Gasteiger partial charge in [-0.15, -0.1) is 0 Å². The van der Waals surface area contributed by atoms with Crippen molar-refractivity contribution in [3.05, 3.63) is 47.0 Å². The third kappa shape index (κ3) is 4.15. The lowest BCUT2D eigenvalue weighted by Crippen LogP contribution is -2.18. The fraction of sp³-hybridized carbons (Fsp3) is 0.188. The maximum atomic E-state index is 12.6. The summed E-state index contributed by atoms with van der Waals surface area (Å²) in [7, 11) is 0.419. The summed E-state index contributed by atoms with van der Waals surface area (Å²) in [6.45, 7) is 0. The second kappa shape index (κ2) is 7.62. The minimum absolute atomic E-state index is 0.00359. The Labute approximate surface area is 151 Å². The number of anilines is 1. The topological polar surface area (TPSA) is 93.7 Å². The first-order chi connectivity index (χ1) is 11.8. The third-order valence-electron chi connectivity index (χ3n) is 3.37. The summed E-state index contributed by atoms with van der Waals surface area (Å²) in [4.78, 5) is 11.5. The molecular formula is C16H17ClN2O5S. The molecule has 0 saturated heterocycles. The highest BCUT2D eigenvalue weighted by atomic mass is 35.5. The van der Waals surface area contributed by atoms with Crippen LogP contribution in [0.25, 0.3) is 0 Å². The number of amides is 1. The van der Waals surface area contributed by atoms with E-state index >= 15 is 0 Å². The second-order valence-electron chi connectivity index (χ2n) is 4.90. The smallest absolute Gasteiger partial charge is 0.262 e. The first-order valence-electron chi connectivity index (χ1n) is 7.09. The fourth-order valence-corrected chi connectivity index (χ4v) is 3.37. The molecule has 0 unspecified atom stereocenters. The summed E-state index contributed by atoms with van der Waals surface area (Å²) in [5.74, 6) is 0.243. The Morgan fingerprint density at radius 3 is 2.16 bits per heavy atom. The molecule has 0 saturated carbocycles. The van der Waals surface area contributed by atoms with E-state index in [-0.39, 0.29) is 27.3 Å². The van der Waals surface area contributed by atoms with Crippen LogP contribution in [0.4, 0.5) is 5.69 Å². The lowest BCUT2D eigenvalue weighted by atomic mass is 10.2. The molecule has 2 N–H and O–H groups in total. The summed E-state index contributed by atoms with van der Waals surface area (Å²) in [5, 5.41) is 2.75. The van der Waals surface area contributed by atoms with Crippen molar-refractivity contribution >= 4 is 33.2 Å². The molecule has 0 aliphatic heterocycles. The van der Waals surface area contributed by atoms with Gasteiger partial charge in [0.05, 0.1) is 29.8 Å². The SMILES string of the molecule is CNC(=O)c1ccc(S(=O)(=O)Nc2cc(OC)c(Cl)cc2OC)cc1. The average molecular weight is 385 g/mol. The molecule has 2 rings (SSSR count). The Morgan fingerprint density at radius 1 is 1.04 bits per heavy atom. The van der Waals surface area contributed by atoms with Gasteiger partial charge in [0.1, 0.15) is 11.5 Å². The molecule has 0 aliphatic carbocycles. The highest BCUT2D eigenvalue weighted by Crippen LogP contribution is 2.36. The summed E-state index contributed by atoms with van der Waals surface area (Å²) in [6, 6.07) is 8.41. The van der Waals surface area contributed by atoms with Gasteiger partial charge in [-0.3, -0.25) is 9.52 Å². The van der Waals surface area contributed by atoms with Crippen LogP contribution in [0.15, 0.2) is 41.3 Å². The predicted molar refractivity (Wildman–Crippen MR) is 95.2 cm³/mol. The Balaban J connectivity index is 2.37. The Hall–Kier alpha value is -2.45. The van der Waals surface area contributed by atoms with Crippen molar-refractivity contribution in [3.63, 3.8) is 0 Å². The number of nitrogens with one attached hydrogen (secondary N) is 2. The number of halogens is 1. The number of ether oxygens (including phenoxy) is 2. The number of rotatable bonds is 6. The van der Waals surface area contributed by atoms with Crippen LogP contribution in [0, 0.1) is 0 Å². The molecule has 9 heteroatoms. The van der Waals surface area contributed by atoms with Gasteiger partial charge in [0.15, 0.2) is 0 Å². The van der Waals surface area contributed by atoms with Gasteiger partial charge in [0.2, 0.25) is 0 Å². The van der Waals surface area contributed by atoms with Gasteiger partial charge in [-0.2, -0.15) is 0 Å². The van der Waals surface area contributed by atoms with Crippen molar-refractivity contribution in [2.24, 2.45) is 0 Å². The van der Waals surface area contributed by atoms with E-state index in [0.717, 1.165) is 0 Å². The van der Waals surface area contributed by atoms with E-state index in [4.69, 9.17) is 21.1 Å². The molecule has 1 amide bonds. The van der Waals surface area contributed by atoms with E-state index in [1.54, 1.807) is 0 Å². The number of hydrogen-bond acceptors (Lipinski definition) is 5. The number of carbonyl (C=O) groups is 1. The zero-order valence-electron chi connectivity index (χ0n) is 13.8. The normalized spacial score (nSPS) is 10.9. The molecule has 2 aromatic rings. The lowest BCUT2D eigenvalue weighted by molar-refractivity contribution is 0.0963. The summed E-state index contributed by atoms with van der Waals surface area (Å²) in [5.41, 5.74) is 0.534. The molecule has 0 atom stereocenters. The van der Waals surface area contributed by atoms with Gasteiger partial charge >= 0.3 is 0 Å². The molecule has 25 heavy (non-hydrogen) atoms. The minimum atomic E-state index is -3.89. The van der Waals surface area contributed by atoms with Gasteiger partial charge in [-0.1, -0.05) is 11.6 Å². The zero-order valence-corrected chi connectivity index (χ0v) is 15.4. The van der Waals surface area contributed by atoms with Gasteiger partial charge in [0.25, 0.3) is 15.9 Å². The van der Waals surface area contributed by atoms with Crippen molar-refractivity contribution in [2.75, 3.05) is 26.0 Å². The van der Waals surface area contributed by atoms with Crippen molar-refractivity contribution in [3.8, 4) is 11.5 Å². The molecule has 2 aromatic carbocycles. The van der Waals surface area contributed by atoms with E-state index in [1.165, 1.54) is 57.7 Å². The summed E-state index contributed by atoms with van der Waals surface area (Å²) < 4.78 is 37.8. The van der Waals surface area contributed by atoms with E-state index in [2.05, 4.69) is 10.0 Å². The van der Waals surface area contributed by atoms with Crippen LogP contribution in [0.3, 0.4) is 0 Å².